The van der Waals surface area contributed by atoms with E-state index in [1.807, 2.05) is 0 Å². The number of nitrogens with zero attached hydrogens (tertiary/aromatic N) is 1. The van der Waals surface area contributed by atoms with Crippen LogP contribution in [0.25, 0.3) is 5.57 Å². The van der Waals surface area contributed by atoms with E-state index in [0.717, 1.165) is 24.3 Å². The van der Waals surface area contributed by atoms with Crippen molar-refractivity contribution < 1.29 is 28.3 Å². The van der Waals surface area contributed by atoms with Gasteiger partial charge in [0.15, 0.2) is 5.60 Å². The minimum atomic E-state index is -2.00. The van der Waals surface area contributed by atoms with Crippen LogP contribution in [0.4, 0.5) is 14.5 Å². The van der Waals surface area contributed by atoms with Gasteiger partial charge in [-0.15, -0.1) is 0 Å². The number of carboxylic acid groups (broad SMARTS) is 1. The van der Waals surface area contributed by atoms with Gasteiger partial charge in [0.05, 0.1) is 10.5 Å². The summed E-state index contributed by atoms with van der Waals surface area (Å²) < 4.78 is 31.0. The van der Waals surface area contributed by atoms with Crippen molar-refractivity contribution in [2.75, 3.05) is 13.3 Å². The van der Waals surface area contributed by atoms with Crippen LogP contribution in [-0.4, -0.2) is 34.9 Å². The highest BCUT2D eigenvalue weighted by atomic mass is 19.1. The molecule has 0 unspecified atom stereocenters. The maximum Gasteiger partial charge on any atom is 0.336 e. The van der Waals surface area contributed by atoms with Gasteiger partial charge in [-0.3, -0.25) is 10.1 Å². The van der Waals surface area contributed by atoms with Crippen LogP contribution < -0.4 is 4.74 Å². The number of nitro benzene ring substituents is 1. The summed E-state index contributed by atoms with van der Waals surface area (Å²) in [6.45, 7) is -2.51. The molecule has 1 aromatic rings. The molecule has 1 aliphatic rings. The molecule has 0 amide bonds. The van der Waals surface area contributed by atoms with Gasteiger partial charge in [-0.1, -0.05) is 0 Å². The average molecular weight is 285 g/mol. The highest BCUT2D eigenvalue weighted by Gasteiger charge is 2.38. The number of hydrogen-bond donors (Lipinski definition) is 1. The lowest BCUT2D eigenvalue weighted by Gasteiger charge is -2.31. The van der Waals surface area contributed by atoms with E-state index < -0.39 is 35.4 Å². The van der Waals surface area contributed by atoms with Crippen LogP contribution in [0, 0.1) is 10.1 Å². The minimum Gasteiger partial charge on any atom is -0.478 e. The normalized spacial score (nSPS) is 15.8. The standard InChI is InChI=1S/C12H9F2NO5/c13-5-12(6-14)4-9(11(16)17)8-3-7(15(18)19)1-2-10(8)20-12/h1-4H,5-6H2,(H,16,17). The molecule has 8 heteroatoms. The van der Waals surface area contributed by atoms with Crippen molar-refractivity contribution in [2.45, 2.75) is 5.60 Å². The van der Waals surface area contributed by atoms with E-state index >= 15 is 0 Å². The van der Waals surface area contributed by atoms with E-state index in [2.05, 4.69) is 0 Å². The zero-order valence-corrected chi connectivity index (χ0v) is 10.0. The van der Waals surface area contributed by atoms with Gasteiger partial charge in [0.25, 0.3) is 5.69 Å². The van der Waals surface area contributed by atoms with Gasteiger partial charge in [-0.05, 0) is 12.1 Å². The van der Waals surface area contributed by atoms with E-state index in [1.165, 1.54) is 0 Å². The molecule has 106 valence electrons. The summed E-state index contributed by atoms with van der Waals surface area (Å²) in [6.07, 6.45) is 0.807. The highest BCUT2D eigenvalue weighted by Crippen LogP contribution is 2.38. The summed E-state index contributed by atoms with van der Waals surface area (Å²) in [5, 5.41) is 19.8. The lowest BCUT2D eigenvalue weighted by Crippen LogP contribution is -2.41. The molecule has 1 aromatic carbocycles. The molecule has 0 aliphatic carbocycles. The smallest absolute Gasteiger partial charge is 0.336 e. The Morgan fingerprint density at radius 1 is 1.40 bits per heavy atom. The fraction of sp³-hybridized carbons (Fsp3) is 0.250. The number of ether oxygens (including phenoxy) is 1. The Kier molecular flexibility index (Phi) is 3.39. The fourth-order valence-electron chi connectivity index (χ4n) is 1.86. The van der Waals surface area contributed by atoms with E-state index in [9.17, 15) is 23.7 Å². The first kappa shape index (κ1) is 13.9. The van der Waals surface area contributed by atoms with E-state index in [1.54, 1.807) is 0 Å². The zero-order chi connectivity index (χ0) is 14.9. The Hall–Kier alpha value is -2.51. The van der Waals surface area contributed by atoms with Gasteiger partial charge in [-0.25, -0.2) is 13.6 Å². The van der Waals surface area contributed by atoms with Crippen molar-refractivity contribution in [1.29, 1.82) is 0 Å². The minimum absolute atomic E-state index is 0.0794. The Morgan fingerprint density at radius 3 is 2.55 bits per heavy atom. The number of fused-ring (bicyclic) bond motifs is 1. The maximum absolute atomic E-state index is 13.0. The van der Waals surface area contributed by atoms with E-state index in [0.29, 0.717) is 0 Å². The first-order valence-corrected chi connectivity index (χ1v) is 5.48. The number of rotatable bonds is 4. The van der Waals surface area contributed by atoms with Crippen LogP contribution in [0.5, 0.6) is 5.75 Å². The summed E-state index contributed by atoms with van der Waals surface area (Å²) in [5.41, 5.74) is -2.85. The molecular weight excluding hydrogens is 276 g/mol. The second-order valence-electron chi connectivity index (χ2n) is 4.23. The first-order valence-electron chi connectivity index (χ1n) is 5.48. The van der Waals surface area contributed by atoms with Gasteiger partial charge in [0.1, 0.15) is 19.1 Å². The van der Waals surface area contributed by atoms with Crippen LogP contribution in [0.3, 0.4) is 0 Å². The molecule has 0 aromatic heterocycles. The second kappa shape index (κ2) is 4.87. The Bertz CT molecular complexity index is 610. The number of non-ortho nitro benzene ring substituents is 1. The number of nitro groups is 1. The number of carbonyl (C=O) groups is 1. The number of carboxylic acids is 1. The fourth-order valence-corrected chi connectivity index (χ4v) is 1.86. The largest absolute Gasteiger partial charge is 0.478 e. The Morgan fingerprint density at radius 2 is 2.05 bits per heavy atom. The second-order valence-corrected chi connectivity index (χ2v) is 4.23. The third kappa shape index (κ3) is 2.20. The van der Waals surface area contributed by atoms with Crippen molar-refractivity contribution >= 4 is 17.2 Å². The molecule has 0 radical (unpaired) electrons. The molecule has 0 bridgehead atoms. The lowest BCUT2D eigenvalue weighted by molar-refractivity contribution is -0.384. The van der Waals surface area contributed by atoms with Gasteiger partial charge < -0.3 is 9.84 Å². The number of aliphatic carboxylic acids is 1. The summed E-state index contributed by atoms with van der Waals surface area (Å²) >= 11 is 0. The predicted molar refractivity (Wildman–Crippen MR) is 64.0 cm³/mol. The number of benzene rings is 1. The summed E-state index contributed by atoms with van der Waals surface area (Å²) in [6, 6.07) is 3.20. The molecule has 1 heterocycles. The van der Waals surface area contributed by atoms with Crippen molar-refractivity contribution in [3.05, 3.63) is 40.0 Å². The molecule has 0 spiro atoms. The predicted octanol–water partition coefficient (Wildman–Crippen LogP) is 2.13. The molecule has 0 atom stereocenters. The van der Waals surface area contributed by atoms with Crippen LogP contribution in [0.2, 0.25) is 0 Å². The van der Waals surface area contributed by atoms with Crippen molar-refractivity contribution in [3.63, 3.8) is 0 Å². The van der Waals surface area contributed by atoms with Crippen LogP contribution >= 0.6 is 0 Å². The van der Waals surface area contributed by atoms with Gasteiger partial charge >= 0.3 is 5.97 Å². The molecule has 0 fully saturated rings. The van der Waals surface area contributed by atoms with E-state index in [4.69, 9.17) is 9.84 Å². The van der Waals surface area contributed by atoms with Crippen molar-refractivity contribution in [1.82, 2.24) is 0 Å². The molecule has 2 rings (SSSR count). The summed E-state index contributed by atoms with van der Waals surface area (Å²) in [4.78, 5) is 21.2. The molecule has 1 N–H and O–H groups in total. The Balaban J connectivity index is 2.62. The van der Waals surface area contributed by atoms with Crippen molar-refractivity contribution in [3.8, 4) is 5.75 Å². The summed E-state index contributed by atoms with van der Waals surface area (Å²) in [5.74, 6) is -1.55. The first-order chi connectivity index (χ1) is 9.42. The highest BCUT2D eigenvalue weighted by molar-refractivity contribution is 6.17. The van der Waals surface area contributed by atoms with Crippen LogP contribution in [0.1, 0.15) is 5.56 Å². The van der Waals surface area contributed by atoms with Gasteiger partial charge in [0, 0.05) is 17.7 Å². The summed E-state index contributed by atoms with van der Waals surface area (Å²) in [7, 11) is 0. The number of alkyl halides is 2. The third-order valence-corrected chi connectivity index (χ3v) is 2.87. The SMILES string of the molecule is O=C(O)C1=CC(CF)(CF)Oc2ccc([N+](=O)[O-])cc21. The molecule has 1 aliphatic heterocycles. The van der Waals surface area contributed by atoms with Crippen LogP contribution in [0.15, 0.2) is 24.3 Å². The van der Waals surface area contributed by atoms with Gasteiger partial charge in [0.2, 0.25) is 0 Å². The average Bonchev–Trinajstić information content (AvgIpc) is 2.45. The van der Waals surface area contributed by atoms with Crippen LogP contribution in [-0.2, 0) is 4.79 Å². The molecule has 0 saturated heterocycles. The van der Waals surface area contributed by atoms with Crippen molar-refractivity contribution in [2.24, 2.45) is 0 Å². The quantitative estimate of drug-likeness (QED) is 0.676. The number of hydrogen-bond acceptors (Lipinski definition) is 4. The zero-order valence-electron chi connectivity index (χ0n) is 10.0. The van der Waals surface area contributed by atoms with Gasteiger partial charge in [-0.2, -0.15) is 0 Å². The molecule has 20 heavy (non-hydrogen) atoms. The lowest BCUT2D eigenvalue weighted by atomic mass is 9.93. The molecule has 0 saturated carbocycles. The molecular formula is C12H9F2NO5. The number of halogens is 2. The topological polar surface area (TPSA) is 89.7 Å². The monoisotopic (exact) mass is 285 g/mol. The molecule has 6 nitrogen and oxygen atoms in total. The maximum atomic E-state index is 13.0. The third-order valence-electron chi connectivity index (χ3n) is 2.87. The van der Waals surface area contributed by atoms with E-state index in [-0.39, 0.29) is 17.0 Å². The Labute approximate surface area is 111 Å².